The van der Waals surface area contributed by atoms with Crippen LogP contribution in [-0.4, -0.2) is 51.3 Å². The van der Waals surface area contributed by atoms with Gasteiger partial charge in [0.2, 0.25) is 0 Å². The second kappa shape index (κ2) is 4.12. The van der Waals surface area contributed by atoms with Gasteiger partial charge >= 0.3 is 5.97 Å². The zero-order valence-electron chi connectivity index (χ0n) is 9.50. The average molecular weight is 237 g/mol. The summed E-state index contributed by atoms with van der Waals surface area (Å²) in [4.78, 5) is 17.3. The smallest absolute Gasteiger partial charge is 0.356 e. The molecule has 3 rings (SSSR count). The quantitative estimate of drug-likeness (QED) is 0.795. The van der Waals surface area contributed by atoms with Crippen molar-refractivity contribution in [1.29, 1.82) is 0 Å². The zero-order valence-corrected chi connectivity index (χ0v) is 9.50. The molecule has 0 spiro atoms. The maximum Gasteiger partial charge on any atom is 0.356 e. The summed E-state index contributed by atoms with van der Waals surface area (Å²) >= 11 is 0. The summed E-state index contributed by atoms with van der Waals surface area (Å²) < 4.78 is 7.32. The second-order valence-corrected chi connectivity index (χ2v) is 4.53. The van der Waals surface area contributed by atoms with Gasteiger partial charge in [0.25, 0.3) is 0 Å². The van der Waals surface area contributed by atoms with Crippen molar-refractivity contribution in [2.45, 2.75) is 25.6 Å². The van der Waals surface area contributed by atoms with Crippen molar-refractivity contribution in [3.8, 4) is 0 Å². The molecule has 92 valence electrons. The predicted octanol–water partition coefficient (Wildman–Crippen LogP) is 0.186. The predicted molar refractivity (Wildman–Crippen MR) is 58.8 cm³/mol. The Labute approximate surface area is 98.8 Å². The molecule has 2 aliphatic heterocycles. The molecule has 17 heavy (non-hydrogen) atoms. The summed E-state index contributed by atoms with van der Waals surface area (Å²) in [5, 5.41) is 9.06. The molecule has 0 aliphatic carbocycles. The van der Waals surface area contributed by atoms with E-state index in [1.165, 1.54) is 0 Å². The molecule has 3 heterocycles. The van der Waals surface area contributed by atoms with E-state index >= 15 is 0 Å². The number of rotatable bonds is 2. The summed E-state index contributed by atoms with van der Waals surface area (Å²) in [6.07, 6.45) is 2.66. The fourth-order valence-electron chi connectivity index (χ4n) is 2.57. The van der Waals surface area contributed by atoms with Crippen LogP contribution in [0.5, 0.6) is 0 Å². The lowest BCUT2D eigenvalue weighted by Gasteiger charge is -2.32. The number of hydrogen-bond acceptors (Lipinski definition) is 4. The molecular weight excluding hydrogens is 222 g/mol. The molecule has 0 radical (unpaired) electrons. The lowest BCUT2D eigenvalue weighted by atomic mass is 10.1. The van der Waals surface area contributed by atoms with Crippen LogP contribution in [0.4, 0.5) is 0 Å². The van der Waals surface area contributed by atoms with Gasteiger partial charge in [-0.3, -0.25) is 4.90 Å². The first kappa shape index (κ1) is 10.7. The van der Waals surface area contributed by atoms with Gasteiger partial charge in [0, 0.05) is 32.3 Å². The Morgan fingerprint density at radius 3 is 3.12 bits per heavy atom. The number of fused-ring (bicyclic) bond motifs is 1. The molecule has 2 aliphatic rings. The van der Waals surface area contributed by atoms with Crippen LogP contribution < -0.4 is 0 Å². The van der Waals surface area contributed by atoms with Crippen molar-refractivity contribution < 1.29 is 14.6 Å². The molecule has 6 heteroatoms. The van der Waals surface area contributed by atoms with E-state index in [-0.39, 0.29) is 5.69 Å². The molecule has 1 saturated heterocycles. The number of hydrogen-bond donors (Lipinski definition) is 1. The summed E-state index contributed by atoms with van der Waals surface area (Å²) in [5.74, 6) is -0.941. The minimum absolute atomic E-state index is 0.189. The first-order valence-electron chi connectivity index (χ1n) is 5.85. The van der Waals surface area contributed by atoms with Gasteiger partial charge < -0.3 is 14.4 Å². The SMILES string of the molecule is O=C(O)c1ncn2c1CN(C1CCOC1)CC2. The molecule has 1 N–H and O–H groups in total. The first-order valence-corrected chi connectivity index (χ1v) is 5.85. The summed E-state index contributed by atoms with van der Waals surface area (Å²) in [7, 11) is 0. The van der Waals surface area contributed by atoms with Gasteiger partial charge in [0.1, 0.15) is 0 Å². The van der Waals surface area contributed by atoms with Crippen molar-refractivity contribution in [3.63, 3.8) is 0 Å². The largest absolute Gasteiger partial charge is 0.476 e. The highest BCUT2D eigenvalue weighted by Gasteiger charge is 2.29. The Morgan fingerprint density at radius 2 is 2.41 bits per heavy atom. The van der Waals surface area contributed by atoms with Crippen molar-refractivity contribution in [2.75, 3.05) is 19.8 Å². The molecular formula is C11H15N3O3. The number of aromatic nitrogens is 2. The molecule has 0 bridgehead atoms. The molecule has 0 saturated carbocycles. The van der Waals surface area contributed by atoms with Gasteiger partial charge in [-0.25, -0.2) is 9.78 Å². The maximum absolute atomic E-state index is 11.0. The number of ether oxygens (including phenoxy) is 1. The minimum Gasteiger partial charge on any atom is -0.476 e. The number of imidazole rings is 1. The van der Waals surface area contributed by atoms with E-state index in [0.29, 0.717) is 12.6 Å². The number of carbonyl (C=O) groups is 1. The Kier molecular flexibility index (Phi) is 2.60. The van der Waals surface area contributed by atoms with Crippen molar-refractivity contribution in [1.82, 2.24) is 14.5 Å². The van der Waals surface area contributed by atoms with Gasteiger partial charge in [0.05, 0.1) is 18.6 Å². The second-order valence-electron chi connectivity index (χ2n) is 4.53. The lowest BCUT2D eigenvalue weighted by molar-refractivity contribution is 0.0684. The third-order valence-electron chi connectivity index (χ3n) is 3.55. The minimum atomic E-state index is -0.941. The number of carboxylic acid groups (broad SMARTS) is 1. The first-order chi connectivity index (χ1) is 8.25. The lowest BCUT2D eigenvalue weighted by Crippen LogP contribution is -2.41. The van der Waals surface area contributed by atoms with E-state index in [4.69, 9.17) is 9.84 Å². The van der Waals surface area contributed by atoms with Crippen LogP contribution in [0, 0.1) is 0 Å². The summed E-state index contributed by atoms with van der Waals surface area (Å²) in [6, 6.07) is 0.431. The van der Waals surface area contributed by atoms with Gasteiger partial charge in [-0.1, -0.05) is 0 Å². The van der Waals surface area contributed by atoms with Crippen LogP contribution in [-0.2, 0) is 17.8 Å². The Morgan fingerprint density at radius 1 is 1.53 bits per heavy atom. The molecule has 1 unspecified atom stereocenters. The molecule has 0 aromatic carbocycles. The van der Waals surface area contributed by atoms with Crippen molar-refractivity contribution in [2.24, 2.45) is 0 Å². The van der Waals surface area contributed by atoms with E-state index < -0.39 is 5.97 Å². The van der Waals surface area contributed by atoms with Crippen LogP contribution in [0.25, 0.3) is 0 Å². The topological polar surface area (TPSA) is 67.6 Å². The van der Waals surface area contributed by atoms with Crippen LogP contribution in [0.3, 0.4) is 0 Å². The standard InChI is InChI=1S/C11H15N3O3/c15-11(16)10-9-5-13(8-1-4-17-6-8)2-3-14(9)7-12-10/h7-8H,1-6H2,(H,15,16). The van der Waals surface area contributed by atoms with Crippen LogP contribution in [0.2, 0.25) is 0 Å². The Hall–Kier alpha value is -1.40. The summed E-state index contributed by atoms with van der Waals surface area (Å²) in [5.41, 5.74) is 1.00. The highest BCUT2D eigenvalue weighted by atomic mass is 16.5. The number of aromatic carboxylic acids is 1. The van der Waals surface area contributed by atoms with E-state index in [1.54, 1.807) is 6.33 Å². The van der Waals surface area contributed by atoms with Crippen molar-refractivity contribution >= 4 is 5.97 Å². The van der Waals surface area contributed by atoms with Crippen molar-refractivity contribution in [3.05, 3.63) is 17.7 Å². The van der Waals surface area contributed by atoms with E-state index in [0.717, 1.165) is 38.4 Å². The van der Waals surface area contributed by atoms with Crippen LogP contribution >= 0.6 is 0 Å². The highest BCUT2D eigenvalue weighted by Crippen LogP contribution is 2.21. The summed E-state index contributed by atoms with van der Waals surface area (Å²) in [6.45, 7) is 3.99. The van der Waals surface area contributed by atoms with Gasteiger partial charge in [-0.05, 0) is 6.42 Å². The van der Waals surface area contributed by atoms with Crippen LogP contribution in [0.1, 0.15) is 22.6 Å². The van der Waals surface area contributed by atoms with Gasteiger partial charge in [-0.2, -0.15) is 0 Å². The number of nitrogens with zero attached hydrogens (tertiary/aromatic N) is 3. The average Bonchev–Trinajstić information content (AvgIpc) is 2.97. The molecule has 0 amide bonds. The maximum atomic E-state index is 11.0. The Balaban J connectivity index is 1.83. The molecule has 1 atom stereocenters. The fraction of sp³-hybridized carbons (Fsp3) is 0.636. The van der Waals surface area contributed by atoms with E-state index in [2.05, 4.69) is 9.88 Å². The molecule has 1 fully saturated rings. The monoisotopic (exact) mass is 237 g/mol. The van der Waals surface area contributed by atoms with Crippen LogP contribution in [0.15, 0.2) is 6.33 Å². The van der Waals surface area contributed by atoms with E-state index in [1.807, 2.05) is 4.57 Å². The molecule has 6 nitrogen and oxygen atoms in total. The fourth-order valence-corrected chi connectivity index (χ4v) is 2.57. The number of carboxylic acids is 1. The van der Waals surface area contributed by atoms with Gasteiger partial charge in [-0.15, -0.1) is 0 Å². The molecule has 1 aromatic heterocycles. The molecule has 1 aromatic rings. The third-order valence-corrected chi connectivity index (χ3v) is 3.55. The Bertz CT molecular complexity index is 437. The van der Waals surface area contributed by atoms with E-state index in [9.17, 15) is 4.79 Å². The highest BCUT2D eigenvalue weighted by molar-refractivity contribution is 5.86. The zero-order chi connectivity index (χ0) is 11.8. The third kappa shape index (κ3) is 1.83. The van der Waals surface area contributed by atoms with Gasteiger partial charge in [0.15, 0.2) is 5.69 Å². The normalized spacial score (nSPS) is 24.8.